The molecule has 3 rings (SSSR count). The lowest BCUT2D eigenvalue weighted by Gasteiger charge is -2.06. The third kappa shape index (κ3) is 2.13. The number of aromatic nitrogens is 1. The molecule has 0 amide bonds. The molecule has 1 aromatic heterocycles. The van der Waals surface area contributed by atoms with Gasteiger partial charge in [-0.25, -0.2) is 0 Å². The van der Waals surface area contributed by atoms with E-state index in [9.17, 15) is 0 Å². The van der Waals surface area contributed by atoms with Gasteiger partial charge in [0.15, 0.2) is 0 Å². The van der Waals surface area contributed by atoms with Crippen molar-refractivity contribution in [3.05, 3.63) is 48.7 Å². The van der Waals surface area contributed by atoms with Crippen molar-refractivity contribution >= 4 is 10.9 Å². The van der Waals surface area contributed by atoms with Crippen LogP contribution in [0.5, 0.6) is 0 Å². The molecular formula is C15H18N2. The van der Waals surface area contributed by atoms with E-state index >= 15 is 0 Å². The van der Waals surface area contributed by atoms with Gasteiger partial charge in [-0.1, -0.05) is 18.2 Å². The average Bonchev–Trinajstić information content (AvgIpc) is 3.09. The Labute approximate surface area is 102 Å². The summed E-state index contributed by atoms with van der Waals surface area (Å²) in [6, 6.07) is 9.52. The lowest BCUT2D eigenvalue weighted by molar-refractivity contribution is 0.691. The van der Waals surface area contributed by atoms with Gasteiger partial charge < -0.3 is 9.88 Å². The molecule has 0 radical (unpaired) electrons. The molecule has 1 fully saturated rings. The van der Waals surface area contributed by atoms with Crippen LogP contribution in [0.2, 0.25) is 0 Å². The van der Waals surface area contributed by atoms with E-state index in [0.29, 0.717) is 0 Å². The van der Waals surface area contributed by atoms with Crippen molar-refractivity contribution in [3.63, 3.8) is 0 Å². The molecule has 1 heterocycles. The molecule has 1 saturated carbocycles. The average molecular weight is 226 g/mol. The highest BCUT2D eigenvalue weighted by Crippen LogP contribution is 2.23. The third-order valence-electron chi connectivity index (χ3n) is 3.39. The number of rotatable bonds is 5. The van der Waals surface area contributed by atoms with Gasteiger partial charge in [0, 0.05) is 36.2 Å². The largest absolute Gasteiger partial charge is 0.344 e. The zero-order valence-electron chi connectivity index (χ0n) is 10.0. The summed E-state index contributed by atoms with van der Waals surface area (Å²) in [6.07, 6.45) is 6.77. The minimum Gasteiger partial charge on any atom is -0.344 e. The Morgan fingerprint density at radius 2 is 2.24 bits per heavy atom. The third-order valence-corrected chi connectivity index (χ3v) is 3.39. The highest BCUT2D eigenvalue weighted by molar-refractivity contribution is 5.83. The summed E-state index contributed by atoms with van der Waals surface area (Å²) in [7, 11) is 0. The predicted octanol–water partition coefficient (Wildman–Crippen LogP) is 3.08. The van der Waals surface area contributed by atoms with Crippen LogP contribution in [-0.4, -0.2) is 10.6 Å². The second kappa shape index (κ2) is 4.38. The molecule has 1 aliphatic rings. The van der Waals surface area contributed by atoms with Crippen molar-refractivity contribution in [3.8, 4) is 0 Å². The second-order valence-electron chi connectivity index (χ2n) is 4.76. The summed E-state index contributed by atoms with van der Waals surface area (Å²) in [4.78, 5) is 0. The van der Waals surface area contributed by atoms with Gasteiger partial charge in [0.05, 0.1) is 0 Å². The zero-order chi connectivity index (χ0) is 11.7. The fourth-order valence-corrected chi connectivity index (χ4v) is 2.28. The minimum atomic E-state index is 0.764. The van der Waals surface area contributed by atoms with Gasteiger partial charge in [-0.2, -0.15) is 0 Å². The van der Waals surface area contributed by atoms with Crippen molar-refractivity contribution in [2.75, 3.05) is 0 Å². The Morgan fingerprint density at radius 3 is 3.00 bits per heavy atom. The first kappa shape index (κ1) is 10.6. The Bertz CT molecular complexity index is 535. The summed E-state index contributed by atoms with van der Waals surface area (Å²) in [5.74, 6) is 0. The highest BCUT2D eigenvalue weighted by atomic mass is 15.0. The van der Waals surface area contributed by atoms with E-state index in [0.717, 1.165) is 19.1 Å². The molecule has 1 aromatic carbocycles. The van der Waals surface area contributed by atoms with Crippen LogP contribution in [0.1, 0.15) is 18.4 Å². The smallest absolute Gasteiger partial charge is 0.0486 e. The summed E-state index contributed by atoms with van der Waals surface area (Å²) in [6.45, 7) is 5.66. The quantitative estimate of drug-likeness (QED) is 0.775. The molecule has 0 saturated heterocycles. The van der Waals surface area contributed by atoms with Gasteiger partial charge in [-0.05, 0) is 30.5 Å². The molecule has 2 aromatic rings. The number of fused-ring (bicyclic) bond motifs is 1. The monoisotopic (exact) mass is 226 g/mol. The van der Waals surface area contributed by atoms with Gasteiger partial charge in [0.25, 0.3) is 0 Å². The molecule has 0 spiro atoms. The van der Waals surface area contributed by atoms with Crippen LogP contribution in [0.15, 0.2) is 43.1 Å². The molecule has 17 heavy (non-hydrogen) atoms. The van der Waals surface area contributed by atoms with Crippen molar-refractivity contribution < 1.29 is 0 Å². The van der Waals surface area contributed by atoms with Gasteiger partial charge >= 0.3 is 0 Å². The molecule has 0 atom stereocenters. The normalized spacial score (nSPS) is 15.3. The lowest BCUT2D eigenvalue weighted by atomic mass is 10.1. The molecule has 2 nitrogen and oxygen atoms in total. The Hall–Kier alpha value is -1.54. The van der Waals surface area contributed by atoms with Gasteiger partial charge in [-0.3, -0.25) is 0 Å². The van der Waals surface area contributed by atoms with E-state index in [1.807, 2.05) is 6.08 Å². The standard InChI is InChI=1S/C15H18N2/c1-2-9-17-10-8-14-12(4-3-5-15(14)17)11-16-13-6-7-13/h2-5,8,10,13,16H,1,6-7,9,11H2. The molecule has 1 N–H and O–H groups in total. The Balaban J connectivity index is 1.91. The van der Waals surface area contributed by atoms with Crippen LogP contribution in [0.25, 0.3) is 10.9 Å². The van der Waals surface area contributed by atoms with Gasteiger partial charge in [0.2, 0.25) is 0 Å². The zero-order valence-corrected chi connectivity index (χ0v) is 10.0. The number of hydrogen-bond acceptors (Lipinski definition) is 1. The first-order valence-corrected chi connectivity index (χ1v) is 6.29. The Kier molecular flexibility index (Phi) is 2.73. The maximum Gasteiger partial charge on any atom is 0.0486 e. The van der Waals surface area contributed by atoms with E-state index in [4.69, 9.17) is 0 Å². The minimum absolute atomic E-state index is 0.764. The van der Waals surface area contributed by atoms with Crippen molar-refractivity contribution in [2.45, 2.75) is 32.0 Å². The van der Waals surface area contributed by atoms with Gasteiger partial charge in [-0.15, -0.1) is 6.58 Å². The van der Waals surface area contributed by atoms with E-state index in [-0.39, 0.29) is 0 Å². The molecular weight excluding hydrogens is 208 g/mol. The SMILES string of the molecule is C=CCn1ccc2c(CNC3CC3)cccc21. The van der Waals surface area contributed by atoms with Crippen molar-refractivity contribution in [2.24, 2.45) is 0 Å². The fraction of sp³-hybridized carbons (Fsp3) is 0.333. The maximum absolute atomic E-state index is 3.80. The van der Waals surface area contributed by atoms with Crippen molar-refractivity contribution in [1.82, 2.24) is 9.88 Å². The number of benzene rings is 1. The molecule has 1 aliphatic carbocycles. The number of allylic oxidation sites excluding steroid dienone is 1. The van der Waals surface area contributed by atoms with Crippen molar-refractivity contribution in [1.29, 1.82) is 0 Å². The molecule has 0 aliphatic heterocycles. The van der Waals surface area contributed by atoms with E-state index < -0.39 is 0 Å². The number of hydrogen-bond donors (Lipinski definition) is 1. The molecule has 0 bridgehead atoms. The summed E-state index contributed by atoms with van der Waals surface area (Å²) in [5, 5.41) is 4.94. The first-order valence-electron chi connectivity index (χ1n) is 6.29. The van der Waals surface area contributed by atoms with Crippen LogP contribution in [-0.2, 0) is 13.1 Å². The summed E-state index contributed by atoms with van der Waals surface area (Å²) < 4.78 is 2.24. The summed E-state index contributed by atoms with van der Waals surface area (Å²) >= 11 is 0. The first-order chi connectivity index (χ1) is 8.38. The Morgan fingerprint density at radius 1 is 1.35 bits per heavy atom. The lowest BCUT2D eigenvalue weighted by Crippen LogP contribution is -2.15. The molecule has 88 valence electrons. The highest BCUT2D eigenvalue weighted by Gasteiger charge is 2.20. The van der Waals surface area contributed by atoms with Crippen LogP contribution < -0.4 is 5.32 Å². The van der Waals surface area contributed by atoms with Crippen LogP contribution in [0.3, 0.4) is 0 Å². The van der Waals surface area contributed by atoms with Crippen LogP contribution >= 0.6 is 0 Å². The van der Waals surface area contributed by atoms with Gasteiger partial charge in [0.1, 0.15) is 0 Å². The van der Waals surface area contributed by atoms with E-state index in [1.165, 1.54) is 29.3 Å². The topological polar surface area (TPSA) is 17.0 Å². The maximum atomic E-state index is 3.80. The van der Waals surface area contributed by atoms with E-state index in [1.54, 1.807) is 0 Å². The number of nitrogens with one attached hydrogen (secondary N) is 1. The van der Waals surface area contributed by atoms with Crippen LogP contribution in [0, 0.1) is 0 Å². The molecule has 2 heteroatoms. The van der Waals surface area contributed by atoms with E-state index in [2.05, 4.69) is 46.9 Å². The summed E-state index contributed by atoms with van der Waals surface area (Å²) in [5.41, 5.74) is 2.71. The van der Waals surface area contributed by atoms with Crippen LogP contribution in [0.4, 0.5) is 0 Å². The molecule has 0 unspecified atom stereocenters. The number of nitrogens with zero attached hydrogens (tertiary/aromatic N) is 1. The fourth-order valence-electron chi connectivity index (χ4n) is 2.28. The predicted molar refractivity (Wildman–Crippen MR) is 72.0 cm³/mol. The second-order valence-corrected chi connectivity index (χ2v) is 4.76.